The molecule has 1 saturated heterocycles. The van der Waals surface area contributed by atoms with E-state index in [4.69, 9.17) is 9.47 Å². The summed E-state index contributed by atoms with van der Waals surface area (Å²) < 4.78 is 10.4. The zero-order valence-electron chi connectivity index (χ0n) is 15.3. The topological polar surface area (TPSA) is 96.3 Å². The number of amides is 1. The summed E-state index contributed by atoms with van der Waals surface area (Å²) in [5.41, 5.74) is 4.24. The quantitative estimate of drug-likeness (QED) is 0.577. The van der Waals surface area contributed by atoms with Crippen LogP contribution >= 0.6 is 11.3 Å². The number of aromatic nitrogens is 1. The van der Waals surface area contributed by atoms with Gasteiger partial charge in [0.2, 0.25) is 5.91 Å². The number of hydrogen-bond donors (Lipinski definition) is 2. The number of methoxy groups -OCH3 is 1. The van der Waals surface area contributed by atoms with Gasteiger partial charge < -0.3 is 19.5 Å². The summed E-state index contributed by atoms with van der Waals surface area (Å²) in [4.78, 5) is 18.8. The van der Waals surface area contributed by atoms with Gasteiger partial charge in [0, 0.05) is 30.1 Å². The molecule has 1 fully saturated rings. The number of carbonyl (C=O) groups excluding carboxylic acids is 1. The fraction of sp³-hybridized carbons (Fsp3) is 0.389. The lowest BCUT2D eigenvalue weighted by molar-refractivity contribution is -0.120. The number of hydrazone groups is 1. The van der Waals surface area contributed by atoms with E-state index in [0.29, 0.717) is 35.9 Å². The Morgan fingerprint density at radius 2 is 2.22 bits per heavy atom. The second kappa shape index (κ2) is 8.83. The summed E-state index contributed by atoms with van der Waals surface area (Å²) in [5.74, 6) is 0.327. The van der Waals surface area contributed by atoms with E-state index in [1.807, 2.05) is 5.38 Å². The van der Waals surface area contributed by atoms with Gasteiger partial charge in [-0.05, 0) is 19.1 Å². The average Bonchev–Trinajstić information content (AvgIpc) is 3.15. The van der Waals surface area contributed by atoms with E-state index in [1.54, 1.807) is 19.1 Å². The summed E-state index contributed by atoms with van der Waals surface area (Å²) in [6.07, 6.45) is 0.145. The number of nitrogens with zero attached hydrogens (tertiary/aromatic N) is 3. The molecule has 9 heteroatoms. The molecular weight excluding hydrogens is 368 g/mol. The van der Waals surface area contributed by atoms with Crippen LogP contribution in [-0.2, 0) is 16.0 Å². The number of rotatable bonds is 6. The van der Waals surface area contributed by atoms with Crippen LogP contribution in [0.5, 0.6) is 11.5 Å². The van der Waals surface area contributed by atoms with Gasteiger partial charge in [-0.2, -0.15) is 5.10 Å². The van der Waals surface area contributed by atoms with Crippen LogP contribution in [0, 0.1) is 0 Å². The molecule has 0 spiro atoms. The van der Waals surface area contributed by atoms with Crippen molar-refractivity contribution < 1.29 is 19.4 Å². The maximum absolute atomic E-state index is 12.1. The Balaban J connectivity index is 1.57. The number of thiazole rings is 1. The van der Waals surface area contributed by atoms with E-state index in [1.165, 1.54) is 24.5 Å². The molecule has 0 saturated carbocycles. The average molecular weight is 390 g/mol. The highest BCUT2D eigenvalue weighted by molar-refractivity contribution is 7.13. The Kier molecular flexibility index (Phi) is 6.25. The van der Waals surface area contributed by atoms with E-state index in [0.717, 1.165) is 18.2 Å². The smallest absolute Gasteiger partial charge is 0.246 e. The van der Waals surface area contributed by atoms with Crippen molar-refractivity contribution >= 4 is 28.1 Å². The van der Waals surface area contributed by atoms with E-state index in [9.17, 15) is 9.90 Å². The van der Waals surface area contributed by atoms with Crippen molar-refractivity contribution in [3.63, 3.8) is 0 Å². The molecule has 27 heavy (non-hydrogen) atoms. The molecule has 2 aromatic rings. The first kappa shape index (κ1) is 19.1. The lowest BCUT2D eigenvalue weighted by Gasteiger charge is -2.26. The molecule has 0 bridgehead atoms. The fourth-order valence-corrected chi connectivity index (χ4v) is 3.51. The lowest BCUT2D eigenvalue weighted by atomic mass is 10.1. The second-order valence-corrected chi connectivity index (χ2v) is 6.85. The van der Waals surface area contributed by atoms with Gasteiger partial charge in [0.05, 0.1) is 38.1 Å². The molecule has 1 aromatic carbocycles. The molecule has 2 N–H and O–H groups in total. The minimum Gasteiger partial charge on any atom is -0.507 e. The molecule has 0 atom stereocenters. The van der Waals surface area contributed by atoms with E-state index in [2.05, 4.69) is 20.4 Å². The number of ether oxygens (including phenoxy) is 2. The molecule has 0 unspecified atom stereocenters. The summed E-state index contributed by atoms with van der Waals surface area (Å²) in [5, 5.41) is 16.9. The zero-order valence-corrected chi connectivity index (χ0v) is 16.1. The van der Waals surface area contributed by atoms with Crippen molar-refractivity contribution in [2.45, 2.75) is 13.3 Å². The van der Waals surface area contributed by atoms with Gasteiger partial charge >= 0.3 is 0 Å². The molecule has 1 amide bonds. The monoisotopic (exact) mass is 390 g/mol. The van der Waals surface area contributed by atoms with Crippen LogP contribution in [0.3, 0.4) is 0 Å². The number of benzene rings is 1. The molecule has 0 radical (unpaired) electrons. The summed E-state index contributed by atoms with van der Waals surface area (Å²) in [6.45, 7) is 4.73. The Hall–Kier alpha value is -2.65. The molecular formula is C18H22N4O4S. The highest BCUT2D eigenvalue weighted by Crippen LogP contribution is 2.24. The maximum atomic E-state index is 12.1. The first-order chi connectivity index (χ1) is 13.1. The van der Waals surface area contributed by atoms with Crippen LogP contribution in [0.25, 0.3) is 0 Å². The van der Waals surface area contributed by atoms with Crippen molar-refractivity contribution in [1.82, 2.24) is 10.4 Å². The van der Waals surface area contributed by atoms with Crippen LogP contribution in [-0.4, -0.2) is 55.1 Å². The summed E-state index contributed by atoms with van der Waals surface area (Å²) >= 11 is 1.52. The predicted octanol–water partition coefficient (Wildman–Crippen LogP) is 1.78. The molecule has 3 rings (SSSR count). The van der Waals surface area contributed by atoms with E-state index in [-0.39, 0.29) is 18.1 Å². The van der Waals surface area contributed by atoms with Gasteiger partial charge in [-0.25, -0.2) is 10.4 Å². The summed E-state index contributed by atoms with van der Waals surface area (Å²) in [7, 11) is 1.53. The highest BCUT2D eigenvalue weighted by atomic mass is 32.1. The van der Waals surface area contributed by atoms with Crippen molar-refractivity contribution in [3.05, 3.63) is 34.8 Å². The molecule has 0 aliphatic carbocycles. The van der Waals surface area contributed by atoms with E-state index < -0.39 is 0 Å². The minimum atomic E-state index is -0.263. The van der Waals surface area contributed by atoms with Crippen LogP contribution in [0.15, 0.2) is 28.7 Å². The Morgan fingerprint density at radius 1 is 1.44 bits per heavy atom. The zero-order chi connectivity index (χ0) is 19.2. The van der Waals surface area contributed by atoms with Gasteiger partial charge in [0.1, 0.15) is 11.5 Å². The number of nitrogens with one attached hydrogen (secondary N) is 1. The Bertz CT molecular complexity index is 831. The summed E-state index contributed by atoms with van der Waals surface area (Å²) in [6, 6.07) is 4.91. The molecule has 1 aliphatic rings. The molecule has 2 heterocycles. The number of phenols is 1. The van der Waals surface area contributed by atoms with E-state index >= 15 is 0 Å². The van der Waals surface area contributed by atoms with Gasteiger partial charge in [0.15, 0.2) is 5.13 Å². The van der Waals surface area contributed by atoms with Gasteiger partial charge in [-0.1, -0.05) is 0 Å². The number of hydrogen-bond acceptors (Lipinski definition) is 8. The van der Waals surface area contributed by atoms with Gasteiger partial charge in [0.25, 0.3) is 0 Å². The predicted molar refractivity (Wildman–Crippen MR) is 104 cm³/mol. The van der Waals surface area contributed by atoms with Crippen LogP contribution < -0.4 is 15.1 Å². The molecule has 8 nitrogen and oxygen atoms in total. The van der Waals surface area contributed by atoms with Gasteiger partial charge in [-0.15, -0.1) is 11.3 Å². The third-order valence-electron chi connectivity index (χ3n) is 4.11. The molecule has 1 aromatic heterocycles. The highest BCUT2D eigenvalue weighted by Gasteiger charge is 2.16. The van der Waals surface area contributed by atoms with Crippen molar-refractivity contribution in [1.29, 1.82) is 0 Å². The van der Waals surface area contributed by atoms with Crippen molar-refractivity contribution in [2.24, 2.45) is 5.10 Å². The van der Waals surface area contributed by atoms with Gasteiger partial charge in [-0.3, -0.25) is 4.79 Å². The largest absolute Gasteiger partial charge is 0.507 e. The first-order valence-electron chi connectivity index (χ1n) is 8.54. The maximum Gasteiger partial charge on any atom is 0.246 e. The molecule has 1 aliphatic heterocycles. The first-order valence-corrected chi connectivity index (χ1v) is 9.42. The SMILES string of the molecule is COc1ccc(/C(C)=N/NC(=O)Cc2csc(N3CCOCC3)n2)c(O)c1. The number of carbonyl (C=O) groups is 1. The minimum absolute atomic E-state index is 0.0412. The van der Waals surface area contributed by atoms with Crippen molar-refractivity contribution in [2.75, 3.05) is 38.3 Å². The van der Waals surface area contributed by atoms with Crippen LogP contribution in [0.4, 0.5) is 5.13 Å². The molecule has 144 valence electrons. The van der Waals surface area contributed by atoms with Crippen LogP contribution in [0.1, 0.15) is 18.2 Å². The fourth-order valence-electron chi connectivity index (χ4n) is 2.63. The van der Waals surface area contributed by atoms with Crippen molar-refractivity contribution in [3.8, 4) is 11.5 Å². The van der Waals surface area contributed by atoms with Crippen LogP contribution in [0.2, 0.25) is 0 Å². The normalized spacial score (nSPS) is 14.9. The number of morpholine rings is 1. The number of aromatic hydroxyl groups is 1. The standard InChI is InChI=1S/C18H22N4O4S/c1-12(15-4-3-14(25-2)10-16(15)23)20-21-17(24)9-13-11-27-18(19-13)22-5-7-26-8-6-22/h3-4,10-11,23H,5-9H2,1-2H3,(H,21,24)/b20-12+. The second-order valence-electron chi connectivity index (χ2n) is 6.01. The third-order valence-corrected chi connectivity index (χ3v) is 5.06. The Morgan fingerprint density at radius 3 is 2.93 bits per heavy atom. The number of anilines is 1. The lowest BCUT2D eigenvalue weighted by Crippen LogP contribution is -2.36. The third kappa shape index (κ3) is 4.95. The Labute approximate surface area is 161 Å². The number of phenolic OH excluding ortho intramolecular Hbond substituents is 1.